The summed E-state index contributed by atoms with van der Waals surface area (Å²) >= 11 is 0. The van der Waals surface area contributed by atoms with E-state index in [2.05, 4.69) is 10.2 Å². The van der Waals surface area contributed by atoms with Crippen molar-refractivity contribution in [2.24, 2.45) is 0 Å². The number of ether oxygens (including phenoxy) is 1. The standard InChI is InChI=1S/C15H22FN3O2/c1-2-21-12-4-3-7-19(9-12)10-15(20)18-11-5-6-13(16)14(17)8-11/h5-6,8,12H,2-4,7,9-10,17H2,1H3,(H,18,20). The topological polar surface area (TPSA) is 67.6 Å². The highest BCUT2D eigenvalue weighted by Crippen LogP contribution is 2.17. The van der Waals surface area contributed by atoms with Crippen LogP contribution in [0.5, 0.6) is 0 Å². The van der Waals surface area contributed by atoms with Crippen LogP contribution in [0.1, 0.15) is 19.8 Å². The van der Waals surface area contributed by atoms with E-state index in [1.54, 1.807) is 0 Å². The van der Waals surface area contributed by atoms with E-state index in [0.29, 0.717) is 18.8 Å². The smallest absolute Gasteiger partial charge is 0.238 e. The molecule has 1 unspecified atom stereocenters. The first-order valence-corrected chi connectivity index (χ1v) is 7.27. The van der Waals surface area contributed by atoms with Crippen molar-refractivity contribution in [2.75, 3.05) is 37.3 Å². The van der Waals surface area contributed by atoms with Gasteiger partial charge < -0.3 is 15.8 Å². The van der Waals surface area contributed by atoms with Crippen LogP contribution in [-0.2, 0) is 9.53 Å². The summed E-state index contributed by atoms with van der Waals surface area (Å²) in [5, 5.41) is 2.74. The van der Waals surface area contributed by atoms with Gasteiger partial charge in [0.05, 0.1) is 18.3 Å². The van der Waals surface area contributed by atoms with Gasteiger partial charge in [-0.25, -0.2) is 4.39 Å². The van der Waals surface area contributed by atoms with Gasteiger partial charge in [0.25, 0.3) is 0 Å². The van der Waals surface area contributed by atoms with Crippen LogP contribution in [0.3, 0.4) is 0 Å². The summed E-state index contributed by atoms with van der Waals surface area (Å²) in [5.74, 6) is -0.609. The molecule has 5 nitrogen and oxygen atoms in total. The molecule has 116 valence electrons. The molecule has 1 amide bonds. The number of benzene rings is 1. The highest BCUT2D eigenvalue weighted by atomic mass is 19.1. The molecule has 1 fully saturated rings. The Labute approximate surface area is 124 Å². The normalized spacial score (nSPS) is 19.4. The molecule has 0 saturated carbocycles. The predicted molar refractivity (Wildman–Crippen MR) is 80.5 cm³/mol. The van der Waals surface area contributed by atoms with Crippen LogP contribution in [0.2, 0.25) is 0 Å². The van der Waals surface area contributed by atoms with Crippen molar-refractivity contribution in [3.8, 4) is 0 Å². The van der Waals surface area contributed by atoms with Crippen LogP contribution >= 0.6 is 0 Å². The Balaban J connectivity index is 1.84. The summed E-state index contributed by atoms with van der Waals surface area (Å²) in [7, 11) is 0. The number of nitrogens with two attached hydrogens (primary N) is 1. The molecule has 3 N–H and O–H groups in total. The molecule has 1 heterocycles. The quantitative estimate of drug-likeness (QED) is 0.814. The van der Waals surface area contributed by atoms with Gasteiger partial charge in [-0.1, -0.05) is 0 Å². The Morgan fingerprint density at radius 3 is 3.10 bits per heavy atom. The van der Waals surface area contributed by atoms with Crippen molar-refractivity contribution in [1.82, 2.24) is 4.90 Å². The molecule has 1 aromatic rings. The van der Waals surface area contributed by atoms with Gasteiger partial charge in [-0.2, -0.15) is 0 Å². The Morgan fingerprint density at radius 1 is 1.57 bits per heavy atom. The van der Waals surface area contributed by atoms with Crippen LogP contribution in [0.25, 0.3) is 0 Å². The van der Waals surface area contributed by atoms with Crippen LogP contribution < -0.4 is 11.1 Å². The summed E-state index contributed by atoms with van der Waals surface area (Å²) in [5.41, 5.74) is 6.02. The number of nitrogens with zero attached hydrogens (tertiary/aromatic N) is 1. The van der Waals surface area contributed by atoms with Gasteiger partial charge >= 0.3 is 0 Å². The average molecular weight is 295 g/mol. The number of nitrogens with one attached hydrogen (secondary N) is 1. The van der Waals surface area contributed by atoms with Gasteiger partial charge in [-0.05, 0) is 44.5 Å². The summed E-state index contributed by atoms with van der Waals surface area (Å²) < 4.78 is 18.7. The minimum absolute atomic E-state index is 0.0298. The molecule has 0 aromatic heterocycles. The molecule has 1 saturated heterocycles. The average Bonchev–Trinajstić information content (AvgIpc) is 2.43. The third-order valence-electron chi connectivity index (χ3n) is 3.51. The maximum Gasteiger partial charge on any atom is 0.238 e. The highest BCUT2D eigenvalue weighted by Gasteiger charge is 2.21. The monoisotopic (exact) mass is 295 g/mol. The van der Waals surface area contributed by atoms with Gasteiger partial charge in [0.15, 0.2) is 0 Å². The lowest BCUT2D eigenvalue weighted by Crippen LogP contribution is -2.43. The maximum atomic E-state index is 13.1. The second kappa shape index (κ2) is 7.38. The molecule has 21 heavy (non-hydrogen) atoms. The summed E-state index contributed by atoms with van der Waals surface area (Å²) in [6.07, 6.45) is 2.28. The number of likely N-dealkylation sites (tertiary alicyclic amines) is 1. The molecule has 0 aliphatic carbocycles. The Bertz CT molecular complexity index is 494. The molecule has 6 heteroatoms. The van der Waals surface area contributed by atoms with Crippen molar-refractivity contribution in [3.63, 3.8) is 0 Å². The number of amides is 1. The molecule has 0 spiro atoms. The largest absolute Gasteiger partial charge is 0.396 e. The van der Waals surface area contributed by atoms with E-state index in [-0.39, 0.29) is 17.7 Å². The molecular formula is C15H22FN3O2. The molecule has 1 aliphatic heterocycles. The number of hydrogen-bond acceptors (Lipinski definition) is 4. The van der Waals surface area contributed by atoms with E-state index in [0.717, 1.165) is 25.9 Å². The molecule has 1 aromatic carbocycles. The summed E-state index contributed by atoms with van der Waals surface area (Å²) in [6.45, 7) is 4.64. The molecule has 0 radical (unpaired) electrons. The third-order valence-corrected chi connectivity index (χ3v) is 3.51. The van der Waals surface area contributed by atoms with Crippen LogP contribution in [0.4, 0.5) is 15.8 Å². The van der Waals surface area contributed by atoms with Gasteiger partial charge in [-0.3, -0.25) is 9.69 Å². The number of halogens is 1. The van der Waals surface area contributed by atoms with Crippen LogP contribution in [0, 0.1) is 5.82 Å². The fraction of sp³-hybridized carbons (Fsp3) is 0.533. The van der Waals surface area contributed by atoms with E-state index < -0.39 is 5.82 Å². The number of carbonyl (C=O) groups excluding carboxylic acids is 1. The Morgan fingerprint density at radius 2 is 2.38 bits per heavy atom. The zero-order valence-corrected chi connectivity index (χ0v) is 12.3. The lowest BCUT2D eigenvalue weighted by atomic mass is 10.1. The van der Waals surface area contributed by atoms with E-state index >= 15 is 0 Å². The molecule has 1 aliphatic rings. The first-order valence-electron chi connectivity index (χ1n) is 7.27. The van der Waals surface area contributed by atoms with Crippen LogP contribution in [-0.4, -0.2) is 43.2 Å². The van der Waals surface area contributed by atoms with E-state index in [1.807, 2.05) is 6.92 Å². The highest BCUT2D eigenvalue weighted by molar-refractivity contribution is 5.92. The Hall–Kier alpha value is -1.66. The Kier molecular flexibility index (Phi) is 5.52. The number of nitrogen functional groups attached to an aromatic ring is 1. The molecule has 1 atom stereocenters. The van der Waals surface area contributed by atoms with E-state index in [1.165, 1.54) is 18.2 Å². The summed E-state index contributed by atoms with van der Waals surface area (Å²) in [6, 6.07) is 4.17. The second-order valence-corrected chi connectivity index (χ2v) is 5.24. The fourth-order valence-corrected chi connectivity index (χ4v) is 2.55. The van der Waals surface area contributed by atoms with Crippen molar-refractivity contribution < 1.29 is 13.9 Å². The minimum Gasteiger partial charge on any atom is -0.396 e. The maximum absolute atomic E-state index is 13.1. The van der Waals surface area contributed by atoms with Crippen LogP contribution in [0.15, 0.2) is 18.2 Å². The van der Waals surface area contributed by atoms with Crippen molar-refractivity contribution in [2.45, 2.75) is 25.9 Å². The van der Waals surface area contributed by atoms with Gasteiger partial charge in [0.1, 0.15) is 5.82 Å². The summed E-state index contributed by atoms with van der Waals surface area (Å²) in [4.78, 5) is 14.1. The van der Waals surface area contributed by atoms with Crippen molar-refractivity contribution in [1.29, 1.82) is 0 Å². The minimum atomic E-state index is -0.483. The zero-order valence-electron chi connectivity index (χ0n) is 12.3. The van der Waals surface area contributed by atoms with Gasteiger partial charge in [0, 0.05) is 18.8 Å². The van der Waals surface area contributed by atoms with Gasteiger partial charge in [0.2, 0.25) is 5.91 Å². The molecular weight excluding hydrogens is 273 g/mol. The van der Waals surface area contributed by atoms with Crippen molar-refractivity contribution in [3.05, 3.63) is 24.0 Å². The van der Waals surface area contributed by atoms with Crippen molar-refractivity contribution >= 4 is 17.3 Å². The molecule has 0 bridgehead atoms. The number of anilines is 2. The number of rotatable bonds is 5. The predicted octanol–water partition coefficient (Wildman–Crippen LogP) is 1.85. The fourth-order valence-electron chi connectivity index (χ4n) is 2.55. The first-order chi connectivity index (χ1) is 10.1. The van der Waals surface area contributed by atoms with E-state index in [4.69, 9.17) is 10.5 Å². The lowest BCUT2D eigenvalue weighted by molar-refractivity contribution is -0.118. The van der Waals surface area contributed by atoms with E-state index in [9.17, 15) is 9.18 Å². The molecule has 2 rings (SSSR count). The second-order valence-electron chi connectivity index (χ2n) is 5.24. The number of piperidine rings is 1. The van der Waals surface area contributed by atoms with Gasteiger partial charge in [-0.15, -0.1) is 0 Å². The lowest BCUT2D eigenvalue weighted by Gasteiger charge is -2.31. The first kappa shape index (κ1) is 15.7. The number of hydrogen-bond donors (Lipinski definition) is 2. The zero-order chi connectivity index (χ0) is 15.2. The third kappa shape index (κ3) is 4.68. The SMILES string of the molecule is CCOC1CCCN(CC(=O)Nc2ccc(F)c(N)c2)C1. The number of carbonyl (C=O) groups is 1.